The van der Waals surface area contributed by atoms with Crippen molar-refractivity contribution in [2.24, 2.45) is 0 Å². The lowest BCUT2D eigenvalue weighted by atomic mass is 10.1. The second-order valence-electron chi connectivity index (χ2n) is 4.77. The molecule has 0 aromatic heterocycles. The number of anilines is 1. The Balaban J connectivity index is 2.07. The molecule has 6 heteroatoms. The molecule has 0 radical (unpaired) electrons. The summed E-state index contributed by atoms with van der Waals surface area (Å²) in [5, 5.41) is 14.9. The third-order valence-corrected chi connectivity index (χ3v) is 3.31. The summed E-state index contributed by atoms with van der Waals surface area (Å²) in [4.78, 5) is 22.9. The number of methoxy groups -OCH3 is 1. The van der Waals surface area contributed by atoms with Gasteiger partial charge in [-0.15, -0.1) is 0 Å². The molecule has 1 aromatic rings. The third kappa shape index (κ3) is 3.48. The normalized spacial score (nSPS) is 17.8. The minimum Gasteiger partial charge on any atom is -0.495 e. The van der Waals surface area contributed by atoms with E-state index in [1.54, 1.807) is 0 Å². The van der Waals surface area contributed by atoms with E-state index >= 15 is 0 Å². The van der Waals surface area contributed by atoms with Crippen LogP contribution in [-0.2, 0) is 4.79 Å². The lowest BCUT2D eigenvalue weighted by Crippen LogP contribution is -2.27. The number of hydrogen-bond acceptors (Lipinski definition) is 4. The van der Waals surface area contributed by atoms with Gasteiger partial charge in [-0.3, -0.25) is 4.79 Å². The molecule has 1 aliphatic heterocycles. The molecule has 1 atom stereocenters. The van der Waals surface area contributed by atoms with Gasteiger partial charge in [0.25, 0.3) is 0 Å². The SMILES string of the molecule is COc1ccc(C(=O)O)cc1NC(=O)CC1CCCN1. The van der Waals surface area contributed by atoms with Gasteiger partial charge in [0.1, 0.15) is 5.75 Å². The molecule has 1 aromatic carbocycles. The lowest BCUT2D eigenvalue weighted by molar-refractivity contribution is -0.116. The van der Waals surface area contributed by atoms with E-state index in [0.717, 1.165) is 19.4 Å². The van der Waals surface area contributed by atoms with E-state index in [4.69, 9.17) is 9.84 Å². The average Bonchev–Trinajstić information content (AvgIpc) is 2.91. The van der Waals surface area contributed by atoms with E-state index in [2.05, 4.69) is 10.6 Å². The molecule has 0 aliphatic carbocycles. The topological polar surface area (TPSA) is 87.7 Å². The molecule has 0 saturated carbocycles. The lowest BCUT2D eigenvalue weighted by Gasteiger charge is -2.13. The zero-order valence-corrected chi connectivity index (χ0v) is 11.3. The van der Waals surface area contributed by atoms with E-state index in [-0.39, 0.29) is 17.5 Å². The van der Waals surface area contributed by atoms with Crippen LogP contribution >= 0.6 is 0 Å². The highest BCUT2D eigenvalue weighted by atomic mass is 16.5. The Labute approximate surface area is 117 Å². The predicted molar refractivity (Wildman–Crippen MR) is 74.2 cm³/mol. The molecular formula is C14H18N2O4. The number of benzene rings is 1. The van der Waals surface area contributed by atoms with Crippen molar-refractivity contribution in [2.45, 2.75) is 25.3 Å². The van der Waals surface area contributed by atoms with Crippen molar-refractivity contribution in [2.75, 3.05) is 19.0 Å². The van der Waals surface area contributed by atoms with Crippen LogP contribution in [0, 0.1) is 0 Å². The van der Waals surface area contributed by atoms with E-state index < -0.39 is 5.97 Å². The molecule has 1 unspecified atom stereocenters. The Morgan fingerprint density at radius 1 is 1.50 bits per heavy atom. The fourth-order valence-corrected chi connectivity index (χ4v) is 2.29. The smallest absolute Gasteiger partial charge is 0.335 e. The first-order valence-corrected chi connectivity index (χ1v) is 6.54. The van der Waals surface area contributed by atoms with Gasteiger partial charge in [-0.2, -0.15) is 0 Å². The van der Waals surface area contributed by atoms with Gasteiger partial charge in [-0.1, -0.05) is 0 Å². The van der Waals surface area contributed by atoms with Crippen LogP contribution in [-0.4, -0.2) is 36.7 Å². The van der Waals surface area contributed by atoms with Gasteiger partial charge in [0.2, 0.25) is 5.91 Å². The van der Waals surface area contributed by atoms with Gasteiger partial charge >= 0.3 is 5.97 Å². The highest BCUT2D eigenvalue weighted by Crippen LogP contribution is 2.26. The van der Waals surface area contributed by atoms with Crippen molar-refractivity contribution in [3.63, 3.8) is 0 Å². The van der Waals surface area contributed by atoms with Crippen molar-refractivity contribution >= 4 is 17.6 Å². The Kier molecular flexibility index (Phi) is 4.57. The summed E-state index contributed by atoms with van der Waals surface area (Å²) in [6, 6.07) is 4.58. The summed E-state index contributed by atoms with van der Waals surface area (Å²) in [6.07, 6.45) is 2.44. The fourth-order valence-electron chi connectivity index (χ4n) is 2.29. The number of nitrogens with one attached hydrogen (secondary N) is 2. The minimum absolute atomic E-state index is 0.111. The first-order valence-electron chi connectivity index (χ1n) is 6.54. The average molecular weight is 278 g/mol. The molecule has 108 valence electrons. The van der Waals surface area contributed by atoms with Crippen molar-refractivity contribution in [3.8, 4) is 5.75 Å². The summed E-state index contributed by atoms with van der Waals surface area (Å²) >= 11 is 0. The number of carbonyl (C=O) groups is 2. The second kappa shape index (κ2) is 6.38. The zero-order valence-electron chi connectivity index (χ0n) is 11.3. The van der Waals surface area contributed by atoms with E-state index in [1.807, 2.05) is 0 Å². The maximum absolute atomic E-state index is 12.0. The first-order chi connectivity index (χ1) is 9.60. The van der Waals surface area contributed by atoms with Gasteiger partial charge < -0.3 is 20.5 Å². The highest BCUT2D eigenvalue weighted by Gasteiger charge is 2.19. The van der Waals surface area contributed by atoms with Crippen molar-refractivity contribution in [1.82, 2.24) is 5.32 Å². The first kappa shape index (κ1) is 14.3. The van der Waals surface area contributed by atoms with Crippen LogP contribution in [0.15, 0.2) is 18.2 Å². The number of carboxylic acid groups (broad SMARTS) is 1. The zero-order chi connectivity index (χ0) is 14.5. The molecule has 0 spiro atoms. The van der Waals surface area contributed by atoms with Gasteiger partial charge in [0.05, 0.1) is 18.4 Å². The van der Waals surface area contributed by atoms with Crippen molar-refractivity contribution in [1.29, 1.82) is 0 Å². The number of aromatic carboxylic acids is 1. The molecule has 1 saturated heterocycles. The predicted octanol–water partition coefficient (Wildman–Crippen LogP) is 1.47. The number of hydrogen-bond donors (Lipinski definition) is 3. The Morgan fingerprint density at radius 3 is 2.90 bits per heavy atom. The van der Waals surface area contributed by atoms with E-state index in [9.17, 15) is 9.59 Å². The molecule has 6 nitrogen and oxygen atoms in total. The van der Waals surface area contributed by atoms with Crippen LogP contribution < -0.4 is 15.4 Å². The van der Waals surface area contributed by atoms with Crippen LogP contribution in [0.1, 0.15) is 29.6 Å². The van der Waals surface area contributed by atoms with E-state index in [1.165, 1.54) is 25.3 Å². The summed E-state index contributed by atoms with van der Waals surface area (Å²) in [5.41, 5.74) is 0.496. The highest BCUT2D eigenvalue weighted by molar-refractivity contribution is 5.95. The van der Waals surface area contributed by atoms with Crippen molar-refractivity contribution in [3.05, 3.63) is 23.8 Å². The van der Waals surface area contributed by atoms with Crippen LogP contribution in [0.4, 0.5) is 5.69 Å². The van der Waals surface area contributed by atoms with Gasteiger partial charge in [-0.05, 0) is 37.6 Å². The molecule has 20 heavy (non-hydrogen) atoms. The molecule has 1 heterocycles. The molecule has 3 N–H and O–H groups in total. The molecule has 1 aliphatic rings. The largest absolute Gasteiger partial charge is 0.495 e. The fraction of sp³-hybridized carbons (Fsp3) is 0.429. The third-order valence-electron chi connectivity index (χ3n) is 3.31. The second-order valence-corrected chi connectivity index (χ2v) is 4.77. The molecule has 1 amide bonds. The van der Waals surface area contributed by atoms with E-state index in [0.29, 0.717) is 17.9 Å². The monoisotopic (exact) mass is 278 g/mol. The summed E-state index contributed by atoms with van der Waals surface area (Å²) in [7, 11) is 1.48. The molecule has 0 bridgehead atoms. The van der Waals surface area contributed by atoms with Crippen molar-refractivity contribution < 1.29 is 19.4 Å². The minimum atomic E-state index is -1.04. The van der Waals surface area contributed by atoms with Crippen LogP contribution in [0.25, 0.3) is 0 Å². The quantitative estimate of drug-likeness (QED) is 0.759. The standard InChI is InChI=1S/C14H18N2O4/c1-20-12-5-4-9(14(18)19)7-11(12)16-13(17)8-10-3-2-6-15-10/h4-5,7,10,15H,2-3,6,8H2,1H3,(H,16,17)(H,18,19). The van der Waals surface area contributed by atoms with Crippen LogP contribution in [0.3, 0.4) is 0 Å². The Bertz CT molecular complexity index is 510. The summed E-state index contributed by atoms with van der Waals surface area (Å²) in [5.74, 6) is -0.742. The number of ether oxygens (including phenoxy) is 1. The van der Waals surface area contributed by atoms with Crippen LogP contribution in [0.5, 0.6) is 5.75 Å². The number of rotatable bonds is 5. The van der Waals surface area contributed by atoms with Gasteiger partial charge in [0, 0.05) is 12.5 Å². The number of carbonyl (C=O) groups excluding carboxylic acids is 1. The summed E-state index contributed by atoms with van der Waals surface area (Å²) in [6.45, 7) is 0.940. The number of amides is 1. The Hall–Kier alpha value is -2.08. The summed E-state index contributed by atoms with van der Waals surface area (Å²) < 4.78 is 5.13. The van der Waals surface area contributed by atoms with Gasteiger partial charge in [0.15, 0.2) is 0 Å². The number of carboxylic acids is 1. The maximum Gasteiger partial charge on any atom is 0.335 e. The molecule has 1 fully saturated rings. The Morgan fingerprint density at radius 2 is 2.30 bits per heavy atom. The molecule has 2 rings (SSSR count). The molecular weight excluding hydrogens is 260 g/mol. The maximum atomic E-state index is 12.0. The van der Waals surface area contributed by atoms with Crippen LogP contribution in [0.2, 0.25) is 0 Å². The van der Waals surface area contributed by atoms with Gasteiger partial charge in [-0.25, -0.2) is 4.79 Å².